The number of benzene rings is 2. The maximum atomic E-state index is 14.0. The quantitative estimate of drug-likeness (QED) is 0.332. The molecule has 0 spiro atoms. The van der Waals surface area contributed by atoms with Gasteiger partial charge in [0.2, 0.25) is 0 Å². The van der Waals surface area contributed by atoms with Gasteiger partial charge in [0, 0.05) is 6.42 Å². The summed E-state index contributed by atoms with van der Waals surface area (Å²) in [7, 11) is 0. The van der Waals surface area contributed by atoms with Crippen LogP contribution in [0.1, 0.15) is 51.4 Å². The number of carbonyl (C=O) groups is 1. The lowest BCUT2D eigenvalue weighted by Gasteiger charge is -2.34. The number of nitrogens with zero attached hydrogens (tertiary/aromatic N) is 4. The predicted molar refractivity (Wildman–Crippen MR) is 130 cm³/mol. The Morgan fingerprint density at radius 1 is 1.11 bits per heavy atom. The van der Waals surface area contributed by atoms with Gasteiger partial charge in [-0.25, -0.2) is 9.07 Å². The number of halogens is 4. The Balaban J connectivity index is 1.43. The van der Waals surface area contributed by atoms with Crippen LogP contribution in [0, 0.1) is 19.7 Å². The van der Waals surface area contributed by atoms with Crippen LogP contribution in [0.3, 0.4) is 0 Å². The number of amides is 1. The second-order valence-corrected chi connectivity index (χ2v) is 9.04. The molecule has 2 aromatic heterocycles. The van der Waals surface area contributed by atoms with Crippen LogP contribution >= 0.6 is 0 Å². The van der Waals surface area contributed by atoms with E-state index in [0.717, 1.165) is 16.4 Å². The van der Waals surface area contributed by atoms with Crippen LogP contribution in [0.15, 0.2) is 60.8 Å². The molecule has 0 aliphatic carbocycles. The van der Waals surface area contributed by atoms with Crippen molar-refractivity contribution >= 4 is 17.4 Å². The number of hydrogen-bond donors (Lipinski definition) is 2. The van der Waals surface area contributed by atoms with Crippen LogP contribution in [-0.4, -0.2) is 31.6 Å². The lowest BCUT2D eigenvalue weighted by molar-refractivity contribution is -0.173. The molecule has 192 valence electrons. The molecule has 5 rings (SSSR count). The van der Waals surface area contributed by atoms with E-state index in [0.29, 0.717) is 29.2 Å². The summed E-state index contributed by atoms with van der Waals surface area (Å²) in [5.74, 6) is -0.935. The summed E-state index contributed by atoms with van der Waals surface area (Å²) >= 11 is 0. The maximum absolute atomic E-state index is 14.0. The first kappa shape index (κ1) is 24.5. The molecule has 1 amide bonds. The molecule has 11 heteroatoms. The van der Waals surface area contributed by atoms with E-state index in [2.05, 4.69) is 20.8 Å². The largest absolute Gasteiger partial charge is 0.410 e. The molecule has 2 N–H and O–H groups in total. The zero-order valence-corrected chi connectivity index (χ0v) is 20.1. The molecule has 37 heavy (non-hydrogen) atoms. The van der Waals surface area contributed by atoms with Crippen LogP contribution in [0.2, 0.25) is 0 Å². The van der Waals surface area contributed by atoms with Gasteiger partial charge in [0.05, 0.1) is 35.9 Å². The van der Waals surface area contributed by atoms with E-state index in [9.17, 15) is 22.4 Å². The van der Waals surface area contributed by atoms with Crippen molar-refractivity contribution in [2.45, 2.75) is 45.1 Å². The van der Waals surface area contributed by atoms with E-state index < -0.39 is 24.2 Å². The van der Waals surface area contributed by atoms with Gasteiger partial charge in [0.15, 0.2) is 6.04 Å². The van der Waals surface area contributed by atoms with Crippen molar-refractivity contribution in [3.8, 4) is 0 Å². The molecule has 0 radical (unpaired) electrons. The summed E-state index contributed by atoms with van der Waals surface area (Å²) in [6, 6.07) is 12.3. The molecule has 3 heterocycles. The number of aryl methyl sites for hydroxylation is 1. The first-order valence-electron chi connectivity index (χ1n) is 11.7. The van der Waals surface area contributed by atoms with E-state index in [1.165, 1.54) is 12.1 Å². The van der Waals surface area contributed by atoms with Crippen LogP contribution in [0.25, 0.3) is 0 Å². The first-order chi connectivity index (χ1) is 17.6. The Hall–Kier alpha value is -4.15. The first-order valence-corrected chi connectivity index (χ1v) is 11.7. The minimum atomic E-state index is -4.54. The third-order valence-corrected chi connectivity index (χ3v) is 6.55. The van der Waals surface area contributed by atoms with Crippen molar-refractivity contribution in [1.29, 1.82) is 0 Å². The third-order valence-electron chi connectivity index (χ3n) is 6.55. The van der Waals surface area contributed by atoms with E-state index in [1.807, 2.05) is 0 Å². The number of rotatable bonds is 5. The number of carbonyl (C=O) groups excluding carboxylic acids is 1. The van der Waals surface area contributed by atoms with Gasteiger partial charge in [-0.3, -0.25) is 9.48 Å². The highest BCUT2D eigenvalue weighted by Crippen LogP contribution is 2.44. The summed E-state index contributed by atoms with van der Waals surface area (Å²) in [4.78, 5) is 13.3. The van der Waals surface area contributed by atoms with E-state index in [-0.39, 0.29) is 23.6 Å². The van der Waals surface area contributed by atoms with Gasteiger partial charge in [-0.2, -0.15) is 23.4 Å². The molecule has 4 aromatic rings. The van der Waals surface area contributed by atoms with Crippen molar-refractivity contribution in [2.75, 3.05) is 10.6 Å². The molecule has 7 nitrogen and oxygen atoms in total. The molecule has 0 unspecified atom stereocenters. The standard InChI is InChI=1S/C26H24F4N6O/c1-15-23(16(2)35(34-15)14-17-8-10-19(27)11-9-17)33-25(37)20-13-31-36-22(26(28,29)30)12-21(32-24(20)36)18-6-4-3-5-7-18/h3-11,13,21-22,32H,12,14H2,1-2H3,(H,33,37)/t21-,22-/m0/s1. The van der Waals surface area contributed by atoms with Crippen LogP contribution in [0.4, 0.5) is 29.1 Å². The van der Waals surface area contributed by atoms with Crippen molar-refractivity contribution in [1.82, 2.24) is 19.6 Å². The molecule has 1 aliphatic rings. The monoisotopic (exact) mass is 512 g/mol. The zero-order chi connectivity index (χ0) is 26.3. The molecule has 0 saturated carbocycles. The number of alkyl halides is 3. The SMILES string of the molecule is Cc1nn(Cc2ccc(F)cc2)c(C)c1NC(=O)c1cnn2c1N[C@H](c1ccccc1)C[C@H]2C(F)(F)F. The van der Waals surface area contributed by atoms with Gasteiger partial charge >= 0.3 is 6.18 Å². The summed E-state index contributed by atoms with van der Waals surface area (Å²) in [6.45, 7) is 3.86. The Kier molecular flexibility index (Phi) is 6.22. The van der Waals surface area contributed by atoms with Crippen molar-refractivity contribution < 1.29 is 22.4 Å². The predicted octanol–water partition coefficient (Wildman–Crippen LogP) is 5.80. The Morgan fingerprint density at radius 2 is 1.81 bits per heavy atom. The average molecular weight is 513 g/mol. The third kappa shape index (κ3) is 4.81. The lowest BCUT2D eigenvalue weighted by atomic mass is 9.96. The number of anilines is 2. The second kappa shape index (κ2) is 9.38. The molecule has 2 atom stereocenters. The van der Waals surface area contributed by atoms with Gasteiger partial charge in [-0.05, 0) is 37.1 Å². The molecule has 1 aliphatic heterocycles. The summed E-state index contributed by atoms with van der Waals surface area (Å²) in [5, 5.41) is 14.3. The number of fused-ring (bicyclic) bond motifs is 1. The fourth-order valence-electron chi connectivity index (χ4n) is 4.61. The number of hydrogen-bond acceptors (Lipinski definition) is 4. The fourth-order valence-corrected chi connectivity index (χ4v) is 4.61. The molecule has 2 aromatic carbocycles. The van der Waals surface area contributed by atoms with Gasteiger partial charge < -0.3 is 10.6 Å². The number of aromatic nitrogens is 4. The lowest BCUT2D eigenvalue weighted by Crippen LogP contribution is -2.36. The average Bonchev–Trinajstić information content (AvgIpc) is 3.41. The maximum Gasteiger partial charge on any atom is 0.410 e. The smallest absolute Gasteiger partial charge is 0.363 e. The highest BCUT2D eigenvalue weighted by molar-refractivity contribution is 6.08. The van der Waals surface area contributed by atoms with Crippen molar-refractivity contribution in [2.24, 2.45) is 0 Å². The van der Waals surface area contributed by atoms with Crippen molar-refractivity contribution in [3.05, 3.63) is 94.7 Å². The van der Waals surface area contributed by atoms with Gasteiger partial charge in [0.25, 0.3) is 5.91 Å². The summed E-state index contributed by atoms with van der Waals surface area (Å²) in [5.41, 5.74) is 3.15. The Bertz CT molecular complexity index is 1430. The Morgan fingerprint density at radius 3 is 2.49 bits per heavy atom. The van der Waals surface area contributed by atoms with Crippen LogP contribution in [0.5, 0.6) is 0 Å². The topological polar surface area (TPSA) is 76.8 Å². The molecule has 0 bridgehead atoms. The van der Waals surface area contributed by atoms with E-state index >= 15 is 0 Å². The highest BCUT2D eigenvalue weighted by Gasteiger charge is 2.47. The molecule has 0 fully saturated rings. The fraction of sp³-hybridized carbons (Fsp3) is 0.269. The zero-order valence-electron chi connectivity index (χ0n) is 20.1. The minimum absolute atomic E-state index is 0.0000318. The Labute approximate surface area is 210 Å². The summed E-state index contributed by atoms with van der Waals surface area (Å²) in [6.07, 6.45) is -3.65. The van der Waals surface area contributed by atoms with E-state index in [4.69, 9.17) is 0 Å². The second-order valence-electron chi connectivity index (χ2n) is 9.04. The molecular weight excluding hydrogens is 488 g/mol. The number of nitrogens with one attached hydrogen (secondary N) is 2. The van der Waals surface area contributed by atoms with Gasteiger partial charge in [-0.15, -0.1) is 0 Å². The molecule has 0 saturated heterocycles. The van der Waals surface area contributed by atoms with E-state index in [1.54, 1.807) is 61.0 Å². The minimum Gasteiger partial charge on any atom is -0.363 e. The molecular formula is C26H24F4N6O. The van der Waals surface area contributed by atoms with Gasteiger partial charge in [0.1, 0.15) is 17.2 Å². The highest BCUT2D eigenvalue weighted by atomic mass is 19.4. The normalized spacial score (nSPS) is 17.2. The van der Waals surface area contributed by atoms with Crippen molar-refractivity contribution in [3.63, 3.8) is 0 Å². The van der Waals surface area contributed by atoms with Crippen LogP contribution < -0.4 is 10.6 Å². The summed E-state index contributed by atoms with van der Waals surface area (Å²) < 4.78 is 57.6. The van der Waals surface area contributed by atoms with Crippen LogP contribution in [-0.2, 0) is 6.54 Å². The van der Waals surface area contributed by atoms with Gasteiger partial charge in [-0.1, -0.05) is 42.5 Å².